The Kier molecular flexibility index (Phi) is 5.43. The Balaban J connectivity index is 1.37. The van der Waals surface area contributed by atoms with Crippen LogP contribution in [0.25, 0.3) is 16.6 Å². The van der Waals surface area contributed by atoms with E-state index in [4.69, 9.17) is 4.74 Å². The third kappa shape index (κ3) is 3.56. The molecule has 7 nitrogen and oxygen atoms in total. The zero-order valence-electron chi connectivity index (χ0n) is 22.9. The molecule has 2 saturated carbocycles. The highest BCUT2D eigenvalue weighted by molar-refractivity contribution is 5.99. The van der Waals surface area contributed by atoms with Crippen molar-refractivity contribution in [2.75, 3.05) is 7.05 Å². The van der Waals surface area contributed by atoms with Crippen molar-refractivity contribution >= 4 is 22.9 Å². The smallest absolute Gasteiger partial charge is 0.411 e. The standard InChI is InChI=1S/C30H35FN4O3/c1-17(2)33(6)27(36)20-13-18(31)7-9-24(20)34-16-22(19-11-12-32-15-25(19)34)21-14-30-23(21)8-10-26(30)35(30)28(37)38-29(3,4)5/h7,9,11-13,15-17,21,23,26H,8,10,14H2,1-6H3. The van der Waals surface area contributed by atoms with Gasteiger partial charge in [-0.05, 0) is 95.5 Å². The molecule has 4 unspecified atom stereocenters. The maximum Gasteiger partial charge on any atom is 0.411 e. The van der Waals surface area contributed by atoms with E-state index in [1.165, 1.54) is 17.7 Å². The Morgan fingerprint density at radius 3 is 2.68 bits per heavy atom. The lowest BCUT2D eigenvalue weighted by molar-refractivity contribution is 0.0229. The number of halogens is 1. The third-order valence-corrected chi connectivity index (χ3v) is 8.87. The van der Waals surface area contributed by atoms with E-state index in [-0.39, 0.29) is 35.5 Å². The predicted molar refractivity (Wildman–Crippen MR) is 143 cm³/mol. The highest BCUT2D eigenvalue weighted by Gasteiger charge is 2.79. The minimum atomic E-state index is -0.516. The molecule has 1 aromatic carbocycles. The molecule has 4 atom stereocenters. The molecule has 0 radical (unpaired) electrons. The fourth-order valence-electron chi connectivity index (χ4n) is 6.92. The van der Waals surface area contributed by atoms with Crippen LogP contribution in [0.2, 0.25) is 0 Å². The van der Waals surface area contributed by atoms with Gasteiger partial charge >= 0.3 is 6.09 Å². The first-order valence-electron chi connectivity index (χ1n) is 13.5. The minimum absolute atomic E-state index is 0.0230. The molecule has 6 rings (SSSR count). The number of hydrogen-bond donors (Lipinski definition) is 0. The van der Waals surface area contributed by atoms with Gasteiger partial charge in [-0.25, -0.2) is 9.18 Å². The molecule has 1 aliphatic heterocycles. The maximum atomic E-state index is 14.4. The second kappa shape index (κ2) is 8.29. The highest BCUT2D eigenvalue weighted by atomic mass is 19.1. The van der Waals surface area contributed by atoms with Crippen LogP contribution < -0.4 is 0 Å². The molecule has 3 aromatic rings. The summed E-state index contributed by atoms with van der Waals surface area (Å²) in [6.07, 6.45) is 8.45. The van der Waals surface area contributed by atoms with Gasteiger partial charge in [-0.2, -0.15) is 0 Å². The molecule has 0 bridgehead atoms. The number of hydrogen-bond acceptors (Lipinski definition) is 4. The van der Waals surface area contributed by atoms with Gasteiger partial charge in [0.2, 0.25) is 0 Å². The maximum absolute atomic E-state index is 14.4. The summed E-state index contributed by atoms with van der Waals surface area (Å²) >= 11 is 0. The predicted octanol–water partition coefficient (Wildman–Crippen LogP) is 5.90. The lowest BCUT2D eigenvalue weighted by Gasteiger charge is -2.44. The summed E-state index contributed by atoms with van der Waals surface area (Å²) in [4.78, 5) is 34.2. The van der Waals surface area contributed by atoms with E-state index in [0.29, 0.717) is 17.2 Å². The number of benzene rings is 1. The van der Waals surface area contributed by atoms with Gasteiger partial charge in [0.1, 0.15) is 11.4 Å². The van der Waals surface area contributed by atoms with Gasteiger partial charge in [0.15, 0.2) is 0 Å². The van der Waals surface area contributed by atoms with Crippen molar-refractivity contribution < 1.29 is 18.7 Å². The third-order valence-electron chi connectivity index (χ3n) is 8.87. The first-order valence-corrected chi connectivity index (χ1v) is 13.5. The Hall–Kier alpha value is -3.42. The monoisotopic (exact) mass is 518 g/mol. The number of likely N-dealkylation sites (tertiary alicyclic amines) is 1. The van der Waals surface area contributed by atoms with Crippen LogP contribution in [-0.4, -0.2) is 61.6 Å². The molecule has 3 aliphatic rings. The molecule has 1 spiro atoms. The van der Waals surface area contributed by atoms with E-state index in [1.807, 2.05) is 50.2 Å². The number of carbonyl (C=O) groups is 2. The summed E-state index contributed by atoms with van der Waals surface area (Å²) < 4.78 is 22.1. The Morgan fingerprint density at radius 2 is 1.97 bits per heavy atom. The summed E-state index contributed by atoms with van der Waals surface area (Å²) in [6.45, 7) is 9.57. The summed E-state index contributed by atoms with van der Waals surface area (Å²) in [5.41, 5.74) is 2.41. The van der Waals surface area contributed by atoms with Gasteiger partial charge in [0.05, 0.1) is 34.5 Å². The quantitative estimate of drug-likeness (QED) is 0.403. The molecule has 1 saturated heterocycles. The van der Waals surface area contributed by atoms with E-state index in [2.05, 4.69) is 11.2 Å². The SMILES string of the molecule is CC(C)N(C)C(=O)c1cc(F)ccc1-n1cc(C2CC34C2CCC3N4C(=O)OC(C)(C)C)c2ccncc21. The number of fused-ring (bicyclic) bond motifs is 1. The van der Waals surface area contributed by atoms with Crippen LogP contribution in [0.1, 0.15) is 75.7 Å². The summed E-state index contributed by atoms with van der Waals surface area (Å²) in [6, 6.07) is 6.65. The molecule has 200 valence electrons. The van der Waals surface area contributed by atoms with Gasteiger partial charge in [-0.15, -0.1) is 0 Å². The number of pyridine rings is 1. The first-order chi connectivity index (χ1) is 17.9. The van der Waals surface area contributed by atoms with Crippen molar-refractivity contribution in [1.29, 1.82) is 0 Å². The molecule has 3 fully saturated rings. The van der Waals surface area contributed by atoms with Crippen LogP contribution in [0.4, 0.5) is 9.18 Å². The molecular weight excluding hydrogens is 483 g/mol. The number of amides is 2. The fourth-order valence-corrected chi connectivity index (χ4v) is 6.92. The van der Waals surface area contributed by atoms with E-state index in [0.717, 1.165) is 30.2 Å². The normalized spacial score (nSPS) is 25.7. The van der Waals surface area contributed by atoms with E-state index in [1.54, 1.807) is 30.4 Å². The largest absolute Gasteiger partial charge is 0.444 e. The van der Waals surface area contributed by atoms with E-state index in [9.17, 15) is 14.0 Å². The molecule has 38 heavy (non-hydrogen) atoms. The number of piperidine rings is 1. The number of nitrogens with zero attached hydrogens (tertiary/aromatic N) is 4. The van der Waals surface area contributed by atoms with Crippen molar-refractivity contribution in [3.8, 4) is 5.69 Å². The van der Waals surface area contributed by atoms with Gasteiger partial charge in [-0.3, -0.25) is 14.7 Å². The van der Waals surface area contributed by atoms with Crippen LogP contribution in [0.3, 0.4) is 0 Å². The minimum Gasteiger partial charge on any atom is -0.444 e. The van der Waals surface area contributed by atoms with Crippen molar-refractivity contribution in [1.82, 2.24) is 19.4 Å². The molecule has 2 aliphatic carbocycles. The zero-order chi connectivity index (χ0) is 27.1. The number of carbonyl (C=O) groups excluding carboxylic acids is 2. The van der Waals surface area contributed by atoms with E-state index < -0.39 is 11.4 Å². The average molecular weight is 519 g/mol. The average Bonchev–Trinajstić information content (AvgIpc) is 3.26. The number of ether oxygens (including phenoxy) is 1. The fraction of sp³-hybridized carbons (Fsp3) is 0.500. The molecule has 0 N–H and O–H groups in total. The first kappa shape index (κ1) is 24.9. The number of rotatable bonds is 4. The van der Waals surface area contributed by atoms with Crippen LogP contribution in [-0.2, 0) is 4.74 Å². The van der Waals surface area contributed by atoms with E-state index >= 15 is 0 Å². The second-order valence-corrected chi connectivity index (χ2v) is 12.4. The molecular formula is C30H35FN4O3. The van der Waals surface area contributed by atoms with Gasteiger partial charge in [0.25, 0.3) is 5.91 Å². The van der Waals surface area contributed by atoms with Crippen LogP contribution in [0, 0.1) is 11.7 Å². The van der Waals surface area contributed by atoms with Gasteiger partial charge in [0, 0.05) is 30.9 Å². The Labute approximate surface area is 222 Å². The van der Waals surface area contributed by atoms with Crippen LogP contribution >= 0.6 is 0 Å². The lowest BCUT2D eigenvalue weighted by atomic mass is 9.62. The number of aromatic nitrogens is 2. The zero-order valence-corrected chi connectivity index (χ0v) is 22.9. The lowest BCUT2D eigenvalue weighted by Crippen LogP contribution is -2.46. The molecule has 3 heterocycles. The summed E-state index contributed by atoms with van der Waals surface area (Å²) in [7, 11) is 1.73. The Morgan fingerprint density at radius 1 is 1.21 bits per heavy atom. The molecule has 2 amide bonds. The van der Waals surface area contributed by atoms with Crippen molar-refractivity contribution in [3.05, 3.63) is 59.8 Å². The highest BCUT2D eigenvalue weighted by Crippen LogP contribution is 2.72. The molecule has 8 heteroatoms. The van der Waals surface area contributed by atoms with Gasteiger partial charge < -0.3 is 14.2 Å². The van der Waals surface area contributed by atoms with Crippen LogP contribution in [0.5, 0.6) is 0 Å². The summed E-state index contributed by atoms with van der Waals surface area (Å²) in [5, 5.41) is 1.08. The van der Waals surface area contributed by atoms with Gasteiger partial charge in [-0.1, -0.05) is 0 Å². The van der Waals surface area contributed by atoms with Crippen molar-refractivity contribution in [3.63, 3.8) is 0 Å². The van der Waals surface area contributed by atoms with Crippen molar-refractivity contribution in [2.24, 2.45) is 5.92 Å². The molecule has 2 aromatic heterocycles. The summed E-state index contributed by atoms with van der Waals surface area (Å²) in [5.74, 6) is -0.0166. The Bertz CT molecular complexity index is 1460. The topological polar surface area (TPSA) is 67.4 Å². The van der Waals surface area contributed by atoms with Crippen LogP contribution in [0.15, 0.2) is 42.9 Å². The second-order valence-electron chi connectivity index (χ2n) is 12.4. The van der Waals surface area contributed by atoms with Crippen molar-refractivity contribution in [2.45, 2.75) is 83.0 Å².